The molecule has 0 radical (unpaired) electrons. The minimum Gasteiger partial charge on any atom is -0.477 e. The van der Waals surface area contributed by atoms with Gasteiger partial charge in [-0.1, -0.05) is 11.6 Å². The second-order valence-corrected chi connectivity index (χ2v) is 4.64. The maximum absolute atomic E-state index is 11.8. The molecule has 1 aliphatic rings. The van der Waals surface area contributed by atoms with Gasteiger partial charge >= 0.3 is 5.97 Å². The van der Waals surface area contributed by atoms with E-state index in [1.54, 1.807) is 14.0 Å². The quantitative estimate of drug-likeness (QED) is 0.895. The smallest absolute Gasteiger partial charge is 0.352 e. The summed E-state index contributed by atoms with van der Waals surface area (Å²) in [5.74, 6) is -1.32. The molecule has 0 saturated heterocycles. The molecule has 2 rings (SSSR count). The van der Waals surface area contributed by atoms with Gasteiger partial charge in [0.2, 0.25) is 5.91 Å². The SMILES string of the molecule is Cc1nn(C)c(Cl)c1CN1N=C(C(=O)O)CCC1=O. The lowest BCUT2D eigenvalue weighted by Crippen LogP contribution is -2.34. The summed E-state index contributed by atoms with van der Waals surface area (Å²) >= 11 is 6.08. The van der Waals surface area contributed by atoms with E-state index in [0.717, 1.165) is 5.01 Å². The lowest BCUT2D eigenvalue weighted by atomic mass is 10.1. The predicted molar refractivity (Wildman–Crippen MR) is 67.8 cm³/mol. The third-order valence-corrected chi connectivity index (χ3v) is 3.40. The van der Waals surface area contributed by atoms with Gasteiger partial charge in [-0.2, -0.15) is 10.2 Å². The fraction of sp³-hybridized carbons (Fsp3) is 0.455. The van der Waals surface area contributed by atoms with Crippen LogP contribution in [0.2, 0.25) is 5.15 Å². The highest BCUT2D eigenvalue weighted by Gasteiger charge is 2.26. The number of carboxylic acid groups (broad SMARTS) is 1. The van der Waals surface area contributed by atoms with Gasteiger partial charge in [-0.05, 0) is 6.92 Å². The molecule has 1 aliphatic heterocycles. The molecule has 0 unspecified atom stereocenters. The first kappa shape index (κ1) is 13.5. The highest BCUT2D eigenvalue weighted by atomic mass is 35.5. The molecule has 1 amide bonds. The van der Waals surface area contributed by atoms with Crippen molar-refractivity contribution < 1.29 is 14.7 Å². The number of carbonyl (C=O) groups excluding carboxylic acids is 1. The molecule has 102 valence electrons. The number of aromatic nitrogens is 2. The normalized spacial score (nSPS) is 15.6. The Kier molecular flexibility index (Phi) is 3.57. The zero-order valence-corrected chi connectivity index (χ0v) is 11.3. The van der Waals surface area contributed by atoms with Crippen LogP contribution in [0.3, 0.4) is 0 Å². The first-order valence-corrected chi connectivity index (χ1v) is 6.07. The van der Waals surface area contributed by atoms with Crippen LogP contribution in [0.25, 0.3) is 0 Å². The number of hydrazone groups is 1. The number of amides is 1. The van der Waals surface area contributed by atoms with Gasteiger partial charge in [0.1, 0.15) is 10.9 Å². The largest absolute Gasteiger partial charge is 0.477 e. The minimum absolute atomic E-state index is 0.0164. The van der Waals surface area contributed by atoms with Crippen molar-refractivity contribution in [2.75, 3.05) is 0 Å². The Balaban J connectivity index is 2.28. The van der Waals surface area contributed by atoms with Crippen LogP contribution in [-0.4, -0.2) is 37.5 Å². The average molecular weight is 285 g/mol. The molecule has 0 bridgehead atoms. The van der Waals surface area contributed by atoms with E-state index < -0.39 is 5.97 Å². The van der Waals surface area contributed by atoms with Gasteiger partial charge in [-0.25, -0.2) is 9.80 Å². The van der Waals surface area contributed by atoms with Crippen LogP contribution in [0, 0.1) is 6.92 Å². The number of rotatable bonds is 3. The van der Waals surface area contributed by atoms with Crippen molar-refractivity contribution in [3.05, 3.63) is 16.4 Å². The Morgan fingerprint density at radius 3 is 2.68 bits per heavy atom. The zero-order valence-electron chi connectivity index (χ0n) is 10.6. The van der Waals surface area contributed by atoms with Gasteiger partial charge < -0.3 is 5.11 Å². The van der Waals surface area contributed by atoms with Crippen LogP contribution in [0.1, 0.15) is 24.1 Å². The lowest BCUT2D eigenvalue weighted by Gasteiger charge is -2.22. The number of carboxylic acids is 1. The Bertz CT molecular complexity index is 579. The third kappa shape index (κ3) is 2.60. The summed E-state index contributed by atoms with van der Waals surface area (Å²) in [5.41, 5.74) is 1.35. The van der Waals surface area contributed by atoms with Crippen LogP contribution in [0.15, 0.2) is 5.10 Å². The van der Waals surface area contributed by atoms with Gasteiger partial charge in [0.25, 0.3) is 0 Å². The van der Waals surface area contributed by atoms with Crippen molar-refractivity contribution in [3.8, 4) is 0 Å². The number of hydrogen-bond donors (Lipinski definition) is 1. The summed E-state index contributed by atoms with van der Waals surface area (Å²) in [6.45, 7) is 1.91. The molecule has 1 aromatic rings. The first-order valence-electron chi connectivity index (χ1n) is 5.69. The molecule has 8 heteroatoms. The summed E-state index contributed by atoms with van der Waals surface area (Å²) in [7, 11) is 1.70. The van der Waals surface area contributed by atoms with E-state index in [9.17, 15) is 9.59 Å². The Morgan fingerprint density at radius 2 is 2.16 bits per heavy atom. The number of aliphatic carboxylic acids is 1. The molecule has 1 aromatic heterocycles. The second kappa shape index (κ2) is 5.00. The van der Waals surface area contributed by atoms with Crippen LogP contribution < -0.4 is 0 Å². The number of aryl methyl sites for hydroxylation is 2. The molecule has 0 aliphatic carbocycles. The Hall–Kier alpha value is -1.89. The fourth-order valence-electron chi connectivity index (χ4n) is 1.88. The Morgan fingerprint density at radius 1 is 1.47 bits per heavy atom. The van der Waals surface area contributed by atoms with Crippen molar-refractivity contribution in [1.29, 1.82) is 0 Å². The van der Waals surface area contributed by atoms with E-state index in [4.69, 9.17) is 16.7 Å². The number of nitrogens with zero attached hydrogens (tertiary/aromatic N) is 4. The number of carbonyl (C=O) groups is 2. The molecule has 0 saturated carbocycles. The van der Waals surface area contributed by atoms with Gasteiger partial charge in [-0.15, -0.1) is 0 Å². The molecule has 0 aromatic carbocycles. The second-order valence-electron chi connectivity index (χ2n) is 4.28. The van der Waals surface area contributed by atoms with E-state index in [1.165, 1.54) is 4.68 Å². The van der Waals surface area contributed by atoms with E-state index in [0.29, 0.717) is 16.4 Å². The van der Waals surface area contributed by atoms with E-state index in [-0.39, 0.29) is 31.0 Å². The van der Waals surface area contributed by atoms with Crippen LogP contribution in [0.4, 0.5) is 0 Å². The highest BCUT2D eigenvalue weighted by Crippen LogP contribution is 2.22. The zero-order chi connectivity index (χ0) is 14.2. The monoisotopic (exact) mass is 284 g/mol. The van der Waals surface area contributed by atoms with Crippen molar-refractivity contribution >= 4 is 29.2 Å². The number of hydrogen-bond acceptors (Lipinski definition) is 4. The highest BCUT2D eigenvalue weighted by molar-refractivity contribution is 6.36. The van der Waals surface area contributed by atoms with Crippen molar-refractivity contribution in [2.24, 2.45) is 12.1 Å². The van der Waals surface area contributed by atoms with Crippen molar-refractivity contribution in [3.63, 3.8) is 0 Å². The molecule has 0 fully saturated rings. The van der Waals surface area contributed by atoms with Crippen molar-refractivity contribution in [2.45, 2.75) is 26.3 Å². The topological polar surface area (TPSA) is 87.8 Å². The van der Waals surface area contributed by atoms with Crippen LogP contribution in [-0.2, 0) is 23.2 Å². The summed E-state index contributed by atoms with van der Waals surface area (Å²) in [6, 6.07) is 0. The standard InChI is InChI=1S/C11H13ClN4O3/c1-6-7(10(12)15(2)13-6)5-16-9(17)4-3-8(14-16)11(18)19/h3-5H2,1-2H3,(H,18,19). The maximum atomic E-state index is 11.8. The van der Waals surface area contributed by atoms with Gasteiger partial charge in [-0.3, -0.25) is 9.48 Å². The molecule has 19 heavy (non-hydrogen) atoms. The predicted octanol–water partition coefficient (Wildman–Crippen LogP) is 0.945. The lowest BCUT2D eigenvalue weighted by molar-refractivity contribution is -0.133. The first-order chi connectivity index (χ1) is 8.90. The maximum Gasteiger partial charge on any atom is 0.352 e. The molecule has 0 spiro atoms. The van der Waals surface area contributed by atoms with E-state index in [2.05, 4.69) is 10.2 Å². The molecule has 2 heterocycles. The minimum atomic E-state index is -1.11. The van der Waals surface area contributed by atoms with E-state index in [1.807, 2.05) is 0 Å². The van der Waals surface area contributed by atoms with Gasteiger partial charge in [0, 0.05) is 25.5 Å². The third-order valence-electron chi connectivity index (χ3n) is 2.93. The molecule has 7 nitrogen and oxygen atoms in total. The van der Waals surface area contributed by atoms with Crippen molar-refractivity contribution in [1.82, 2.24) is 14.8 Å². The summed E-state index contributed by atoms with van der Waals surface area (Å²) in [6.07, 6.45) is 0.298. The molecular formula is C11H13ClN4O3. The molecular weight excluding hydrogens is 272 g/mol. The van der Waals surface area contributed by atoms with Gasteiger partial charge in [0.05, 0.1) is 12.2 Å². The van der Waals surface area contributed by atoms with Crippen LogP contribution >= 0.6 is 11.6 Å². The average Bonchev–Trinajstić information content (AvgIpc) is 2.58. The molecule has 1 N–H and O–H groups in total. The van der Waals surface area contributed by atoms with Crippen LogP contribution in [0.5, 0.6) is 0 Å². The summed E-state index contributed by atoms with van der Waals surface area (Å²) in [4.78, 5) is 22.6. The van der Waals surface area contributed by atoms with Gasteiger partial charge in [0.15, 0.2) is 0 Å². The summed E-state index contributed by atoms with van der Waals surface area (Å²) in [5, 5.41) is 18.5. The summed E-state index contributed by atoms with van der Waals surface area (Å²) < 4.78 is 1.50. The molecule has 0 atom stereocenters. The Labute approximate surface area is 114 Å². The fourth-order valence-corrected chi connectivity index (χ4v) is 2.12. The number of halogens is 1. The van der Waals surface area contributed by atoms with E-state index >= 15 is 0 Å².